The highest BCUT2D eigenvalue weighted by Gasteiger charge is 2.09. The van der Waals surface area contributed by atoms with Gasteiger partial charge in [0.05, 0.1) is 23.3 Å². The molecule has 1 unspecified atom stereocenters. The van der Waals surface area contributed by atoms with Crippen molar-refractivity contribution >= 4 is 23.8 Å². The van der Waals surface area contributed by atoms with Crippen molar-refractivity contribution in [2.24, 2.45) is 4.99 Å². The van der Waals surface area contributed by atoms with E-state index in [4.69, 9.17) is 11.6 Å². The fraction of sp³-hybridized carbons (Fsp3) is 0.231. The normalized spacial score (nSPS) is 16.2. The molecule has 0 bridgehead atoms. The van der Waals surface area contributed by atoms with Crippen molar-refractivity contribution in [1.29, 1.82) is 0 Å². The lowest BCUT2D eigenvalue weighted by Gasteiger charge is -2.07. The maximum atomic E-state index is 11.8. The molecule has 2 N–H and O–H groups in total. The fourth-order valence-corrected chi connectivity index (χ4v) is 1.93. The van der Waals surface area contributed by atoms with E-state index in [2.05, 4.69) is 10.3 Å². The van der Waals surface area contributed by atoms with Gasteiger partial charge >= 0.3 is 0 Å². The predicted octanol–water partition coefficient (Wildman–Crippen LogP) is -2.14. The van der Waals surface area contributed by atoms with Crippen LogP contribution in [0, 0.1) is 0 Å². The van der Waals surface area contributed by atoms with Gasteiger partial charge in [0.1, 0.15) is 6.20 Å². The number of halogens is 2. The van der Waals surface area contributed by atoms with E-state index in [-0.39, 0.29) is 18.3 Å². The Morgan fingerprint density at radius 3 is 2.84 bits per heavy atom. The van der Waals surface area contributed by atoms with Crippen molar-refractivity contribution in [3.8, 4) is 0 Å². The molecule has 0 spiro atoms. The highest BCUT2D eigenvalue weighted by atomic mass is 35.5. The van der Waals surface area contributed by atoms with Gasteiger partial charge in [0, 0.05) is 13.0 Å². The Morgan fingerprint density at radius 1 is 1.37 bits per heavy atom. The molecule has 1 aliphatic heterocycles. The Labute approximate surface area is 123 Å². The SMILES string of the molecule is O=C(NCCC[NH+]1C=CN=C1)c1ccccc1Cl.[Cl-]. The lowest BCUT2D eigenvalue weighted by molar-refractivity contribution is -0.736. The molecule has 6 heteroatoms. The van der Waals surface area contributed by atoms with Crippen LogP contribution in [0.2, 0.25) is 5.02 Å². The molecule has 0 saturated heterocycles. The third-order valence-corrected chi connectivity index (χ3v) is 2.99. The molecule has 1 atom stereocenters. The number of aliphatic imine (C=N–C) groups is 1. The first-order chi connectivity index (χ1) is 8.77. The zero-order valence-electron chi connectivity index (χ0n) is 10.3. The number of amides is 1. The number of hydrogen-bond donors (Lipinski definition) is 2. The largest absolute Gasteiger partial charge is 1.00 e. The van der Waals surface area contributed by atoms with Gasteiger partial charge in [-0.05, 0) is 12.1 Å². The smallest absolute Gasteiger partial charge is 0.252 e. The molecule has 1 amide bonds. The molecular weight excluding hydrogens is 285 g/mol. The summed E-state index contributed by atoms with van der Waals surface area (Å²) in [6, 6.07) is 7.04. The molecule has 102 valence electrons. The van der Waals surface area contributed by atoms with E-state index in [1.807, 2.05) is 18.6 Å². The average Bonchev–Trinajstić information content (AvgIpc) is 2.88. The second-order valence-corrected chi connectivity index (χ2v) is 4.42. The summed E-state index contributed by atoms with van der Waals surface area (Å²) in [7, 11) is 0. The summed E-state index contributed by atoms with van der Waals surface area (Å²) in [6.07, 6.45) is 6.49. The van der Waals surface area contributed by atoms with E-state index in [0.29, 0.717) is 17.1 Å². The topological polar surface area (TPSA) is 45.9 Å². The molecule has 0 saturated carbocycles. The monoisotopic (exact) mass is 299 g/mol. The molecule has 0 aromatic heterocycles. The number of nitrogens with one attached hydrogen (secondary N) is 2. The minimum absolute atomic E-state index is 0. The second-order valence-electron chi connectivity index (χ2n) is 4.01. The maximum absolute atomic E-state index is 11.8. The van der Waals surface area contributed by atoms with Gasteiger partial charge in [-0.15, -0.1) is 0 Å². The Morgan fingerprint density at radius 2 is 2.16 bits per heavy atom. The number of hydrogen-bond acceptors (Lipinski definition) is 2. The van der Waals surface area contributed by atoms with Gasteiger partial charge in [0.15, 0.2) is 6.34 Å². The molecule has 2 rings (SSSR count). The highest BCUT2D eigenvalue weighted by Crippen LogP contribution is 2.14. The van der Waals surface area contributed by atoms with Crippen LogP contribution in [0.3, 0.4) is 0 Å². The Bertz CT molecular complexity index is 477. The van der Waals surface area contributed by atoms with E-state index in [9.17, 15) is 4.79 Å². The average molecular weight is 300 g/mol. The van der Waals surface area contributed by atoms with Crippen molar-refractivity contribution in [2.45, 2.75) is 6.42 Å². The summed E-state index contributed by atoms with van der Waals surface area (Å²) in [6.45, 7) is 1.55. The number of carbonyl (C=O) groups excluding carboxylic acids is 1. The number of nitrogens with zero attached hydrogens (tertiary/aromatic N) is 1. The summed E-state index contributed by atoms with van der Waals surface area (Å²) in [4.78, 5) is 17.0. The summed E-state index contributed by atoms with van der Waals surface area (Å²) in [5, 5.41) is 3.34. The van der Waals surface area contributed by atoms with Gasteiger partial charge in [0.2, 0.25) is 0 Å². The molecule has 19 heavy (non-hydrogen) atoms. The fourth-order valence-electron chi connectivity index (χ4n) is 1.70. The van der Waals surface area contributed by atoms with E-state index >= 15 is 0 Å². The Hall–Kier alpha value is -1.36. The van der Waals surface area contributed by atoms with Gasteiger partial charge < -0.3 is 17.7 Å². The van der Waals surface area contributed by atoms with Gasteiger partial charge in [-0.25, -0.2) is 4.99 Å². The number of quaternary nitrogens is 1. The van der Waals surface area contributed by atoms with Crippen molar-refractivity contribution in [3.63, 3.8) is 0 Å². The third kappa shape index (κ3) is 4.67. The van der Waals surface area contributed by atoms with E-state index in [0.717, 1.165) is 13.0 Å². The molecule has 4 nitrogen and oxygen atoms in total. The van der Waals surface area contributed by atoms with Crippen LogP contribution in [-0.4, -0.2) is 25.3 Å². The van der Waals surface area contributed by atoms with Crippen molar-refractivity contribution in [2.75, 3.05) is 13.1 Å². The standard InChI is InChI=1S/C13H14ClN3O.ClH/c14-12-5-2-1-4-11(12)13(18)16-6-3-8-17-9-7-15-10-17;/h1-2,4-5,7,9-10H,3,6,8H2,(H,16,18);1H. The van der Waals surface area contributed by atoms with Crippen LogP contribution in [-0.2, 0) is 0 Å². The van der Waals surface area contributed by atoms with Gasteiger partial charge in [-0.1, -0.05) is 23.7 Å². The van der Waals surface area contributed by atoms with Gasteiger partial charge in [-0.2, -0.15) is 0 Å². The first kappa shape index (κ1) is 15.7. The van der Waals surface area contributed by atoms with Crippen LogP contribution in [0.4, 0.5) is 0 Å². The van der Waals surface area contributed by atoms with Gasteiger partial charge in [0.25, 0.3) is 5.91 Å². The maximum Gasteiger partial charge on any atom is 0.252 e. The minimum Gasteiger partial charge on any atom is -1.00 e. The lowest BCUT2D eigenvalue weighted by atomic mass is 10.2. The van der Waals surface area contributed by atoms with Crippen molar-refractivity contribution < 1.29 is 22.1 Å². The molecule has 1 aromatic rings. The zero-order valence-corrected chi connectivity index (χ0v) is 11.8. The van der Waals surface area contributed by atoms with E-state index < -0.39 is 0 Å². The number of carbonyl (C=O) groups is 1. The Balaban J connectivity index is 0.00000180. The number of rotatable bonds is 5. The molecule has 1 aromatic carbocycles. The molecule has 0 aliphatic carbocycles. The quantitative estimate of drug-likeness (QED) is 0.599. The van der Waals surface area contributed by atoms with Crippen LogP contribution in [0.1, 0.15) is 16.8 Å². The molecule has 0 radical (unpaired) electrons. The van der Waals surface area contributed by atoms with Crippen molar-refractivity contribution in [1.82, 2.24) is 5.32 Å². The van der Waals surface area contributed by atoms with E-state index in [1.165, 1.54) is 4.90 Å². The first-order valence-electron chi connectivity index (χ1n) is 5.85. The first-order valence-corrected chi connectivity index (χ1v) is 6.23. The lowest BCUT2D eigenvalue weighted by Crippen LogP contribution is -3.05. The van der Waals surface area contributed by atoms with Crippen LogP contribution >= 0.6 is 11.6 Å². The number of benzene rings is 1. The highest BCUT2D eigenvalue weighted by molar-refractivity contribution is 6.33. The minimum atomic E-state index is -0.124. The third-order valence-electron chi connectivity index (χ3n) is 2.66. The van der Waals surface area contributed by atoms with Crippen LogP contribution in [0.5, 0.6) is 0 Å². The van der Waals surface area contributed by atoms with Crippen LogP contribution in [0.25, 0.3) is 0 Å². The molecule has 1 heterocycles. The molecular formula is C13H15Cl2N3O. The summed E-state index contributed by atoms with van der Waals surface area (Å²) in [5.74, 6) is -0.124. The molecule has 0 fully saturated rings. The van der Waals surface area contributed by atoms with Crippen LogP contribution in [0.15, 0.2) is 41.7 Å². The summed E-state index contributed by atoms with van der Waals surface area (Å²) in [5.41, 5.74) is 0.522. The van der Waals surface area contributed by atoms with Crippen molar-refractivity contribution in [3.05, 3.63) is 47.3 Å². The Kier molecular flexibility index (Phi) is 6.56. The summed E-state index contributed by atoms with van der Waals surface area (Å²) < 4.78 is 0. The zero-order chi connectivity index (χ0) is 12.8. The van der Waals surface area contributed by atoms with Gasteiger partial charge in [-0.3, -0.25) is 9.69 Å². The van der Waals surface area contributed by atoms with Crippen LogP contribution < -0.4 is 22.6 Å². The summed E-state index contributed by atoms with van der Waals surface area (Å²) >= 11 is 5.94. The molecule has 1 aliphatic rings. The second kappa shape index (κ2) is 7.94. The predicted molar refractivity (Wildman–Crippen MR) is 71.9 cm³/mol. The van der Waals surface area contributed by atoms with E-state index in [1.54, 1.807) is 24.4 Å².